The largest absolute Gasteiger partial charge is 0.378 e. The lowest BCUT2D eigenvalue weighted by atomic mass is 10.3. The predicted octanol–water partition coefficient (Wildman–Crippen LogP) is 2.05. The summed E-state index contributed by atoms with van der Waals surface area (Å²) in [5.41, 5.74) is 0. The molecule has 0 amide bonds. The third-order valence-electron chi connectivity index (χ3n) is 1.55. The zero-order valence-electron chi connectivity index (χ0n) is 7.18. The lowest BCUT2D eigenvalue weighted by Gasteiger charge is -2.01. The summed E-state index contributed by atoms with van der Waals surface area (Å²) in [5, 5.41) is 17.3. The Labute approximate surface area is 82.2 Å². The SMILES string of the molecule is N#C[C@H](O)CCSc1ccccc1. The zero-order valence-corrected chi connectivity index (χ0v) is 8.00. The van der Waals surface area contributed by atoms with Crippen LogP contribution in [-0.2, 0) is 0 Å². The molecule has 0 spiro atoms. The lowest BCUT2D eigenvalue weighted by molar-refractivity contribution is 0.227. The van der Waals surface area contributed by atoms with Gasteiger partial charge < -0.3 is 5.11 Å². The standard InChI is InChI=1S/C10H11NOS/c11-8-9(12)6-7-13-10-4-2-1-3-5-10/h1-5,9,12H,6-7H2/t9-/m1/s1. The molecule has 68 valence electrons. The maximum absolute atomic E-state index is 8.96. The molecule has 0 aliphatic rings. The Morgan fingerprint density at radius 1 is 1.38 bits per heavy atom. The highest BCUT2D eigenvalue weighted by atomic mass is 32.2. The van der Waals surface area contributed by atoms with Gasteiger partial charge in [-0.05, 0) is 18.6 Å². The molecular weight excluding hydrogens is 182 g/mol. The number of thioether (sulfide) groups is 1. The Balaban J connectivity index is 2.25. The number of hydrogen-bond acceptors (Lipinski definition) is 3. The molecule has 0 unspecified atom stereocenters. The van der Waals surface area contributed by atoms with E-state index < -0.39 is 6.10 Å². The summed E-state index contributed by atoms with van der Waals surface area (Å²) in [6.07, 6.45) is -0.299. The molecule has 0 radical (unpaired) electrons. The molecule has 0 aromatic heterocycles. The van der Waals surface area contributed by atoms with Crippen LogP contribution in [0.25, 0.3) is 0 Å². The van der Waals surface area contributed by atoms with E-state index in [1.54, 1.807) is 17.8 Å². The van der Waals surface area contributed by atoms with Gasteiger partial charge in [0.2, 0.25) is 0 Å². The normalized spacial score (nSPS) is 12.0. The lowest BCUT2D eigenvalue weighted by Crippen LogP contribution is -2.02. The molecule has 0 bridgehead atoms. The van der Waals surface area contributed by atoms with Crippen LogP contribution < -0.4 is 0 Å². The quantitative estimate of drug-likeness (QED) is 0.588. The third-order valence-corrected chi connectivity index (χ3v) is 2.60. The minimum Gasteiger partial charge on any atom is -0.378 e. The molecule has 0 aliphatic heterocycles. The summed E-state index contributed by atoms with van der Waals surface area (Å²) in [5.74, 6) is 0.777. The number of nitriles is 1. The fourth-order valence-corrected chi connectivity index (χ4v) is 1.80. The van der Waals surface area contributed by atoms with E-state index in [1.807, 2.05) is 30.3 Å². The van der Waals surface area contributed by atoms with Crippen molar-refractivity contribution in [3.8, 4) is 6.07 Å². The van der Waals surface area contributed by atoms with Crippen molar-refractivity contribution in [1.82, 2.24) is 0 Å². The van der Waals surface area contributed by atoms with Gasteiger partial charge in [-0.25, -0.2) is 0 Å². The van der Waals surface area contributed by atoms with Crippen LogP contribution in [0.4, 0.5) is 0 Å². The Kier molecular flexibility index (Phi) is 4.37. The van der Waals surface area contributed by atoms with Crippen molar-refractivity contribution in [2.24, 2.45) is 0 Å². The first-order valence-corrected chi connectivity index (χ1v) is 5.07. The molecule has 3 heteroatoms. The van der Waals surface area contributed by atoms with E-state index in [0.29, 0.717) is 6.42 Å². The monoisotopic (exact) mass is 193 g/mol. The molecule has 1 aromatic rings. The van der Waals surface area contributed by atoms with Crippen molar-refractivity contribution in [2.75, 3.05) is 5.75 Å². The van der Waals surface area contributed by atoms with Crippen molar-refractivity contribution in [3.63, 3.8) is 0 Å². The molecule has 0 heterocycles. The van der Waals surface area contributed by atoms with Gasteiger partial charge >= 0.3 is 0 Å². The van der Waals surface area contributed by atoms with Crippen LogP contribution in [0.2, 0.25) is 0 Å². The molecular formula is C10H11NOS. The number of benzene rings is 1. The van der Waals surface area contributed by atoms with E-state index in [9.17, 15) is 0 Å². The van der Waals surface area contributed by atoms with E-state index in [1.165, 1.54) is 4.90 Å². The highest BCUT2D eigenvalue weighted by Gasteiger charge is 2.00. The van der Waals surface area contributed by atoms with Crippen molar-refractivity contribution < 1.29 is 5.11 Å². The Hall–Kier alpha value is -0.980. The first-order chi connectivity index (χ1) is 6.33. The van der Waals surface area contributed by atoms with Crippen molar-refractivity contribution in [2.45, 2.75) is 17.4 Å². The number of rotatable bonds is 4. The smallest absolute Gasteiger partial charge is 0.141 e. The Bertz CT molecular complexity index is 281. The molecule has 2 nitrogen and oxygen atoms in total. The van der Waals surface area contributed by atoms with Gasteiger partial charge in [-0.2, -0.15) is 5.26 Å². The van der Waals surface area contributed by atoms with E-state index in [4.69, 9.17) is 10.4 Å². The van der Waals surface area contributed by atoms with Crippen LogP contribution in [0.5, 0.6) is 0 Å². The second-order valence-corrected chi connectivity index (χ2v) is 3.76. The van der Waals surface area contributed by atoms with Crippen LogP contribution in [0.15, 0.2) is 35.2 Å². The van der Waals surface area contributed by atoms with Crippen molar-refractivity contribution in [3.05, 3.63) is 30.3 Å². The summed E-state index contributed by atoms with van der Waals surface area (Å²) in [6, 6.07) is 11.7. The summed E-state index contributed by atoms with van der Waals surface area (Å²) in [6.45, 7) is 0. The third kappa shape index (κ3) is 3.97. The second-order valence-electron chi connectivity index (χ2n) is 2.60. The molecule has 0 fully saturated rings. The summed E-state index contributed by atoms with van der Waals surface area (Å²) >= 11 is 1.65. The van der Waals surface area contributed by atoms with Gasteiger partial charge in [0.25, 0.3) is 0 Å². The average molecular weight is 193 g/mol. The molecule has 1 atom stereocenters. The minimum atomic E-state index is -0.823. The molecule has 0 aliphatic carbocycles. The first kappa shape index (κ1) is 10.1. The van der Waals surface area contributed by atoms with Gasteiger partial charge in [0, 0.05) is 10.6 Å². The summed E-state index contributed by atoms with van der Waals surface area (Å²) < 4.78 is 0. The maximum Gasteiger partial charge on any atom is 0.141 e. The Morgan fingerprint density at radius 2 is 2.08 bits per heavy atom. The topological polar surface area (TPSA) is 44.0 Å². The fraction of sp³-hybridized carbons (Fsp3) is 0.300. The Morgan fingerprint density at radius 3 is 2.69 bits per heavy atom. The van der Waals surface area contributed by atoms with Gasteiger partial charge in [0.15, 0.2) is 0 Å². The second kappa shape index (κ2) is 5.63. The molecule has 0 saturated carbocycles. The van der Waals surface area contributed by atoms with Crippen LogP contribution in [0.1, 0.15) is 6.42 Å². The molecule has 1 aromatic carbocycles. The number of hydrogen-bond donors (Lipinski definition) is 1. The maximum atomic E-state index is 8.96. The number of nitrogens with zero attached hydrogens (tertiary/aromatic N) is 1. The summed E-state index contributed by atoms with van der Waals surface area (Å²) in [7, 11) is 0. The van der Waals surface area contributed by atoms with Crippen LogP contribution >= 0.6 is 11.8 Å². The number of aliphatic hydroxyl groups excluding tert-OH is 1. The first-order valence-electron chi connectivity index (χ1n) is 4.08. The van der Waals surface area contributed by atoms with Gasteiger partial charge in [-0.3, -0.25) is 0 Å². The average Bonchev–Trinajstić information content (AvgIpc) is 2.19. The zero-order chi connectivity index (χ0) is 9.52. The van der Waals surface area contributed by atoms with Crippen LogP contribution in [0, 0.1) is 11.3 Å². The highest BCUT2D eigenvalue weighted by Crippen LogP contribution is 2.18. The van der Waals surface area contributed by atoms with Gasteiger partial charge in [0.1, 0.15) is 6.10 Å². The van der Waals surface area contributed by atoms with E-state index in [-0.39, 0.29) is 0 Å². The van der Waals surface area contributed by atoms with Crippen molar-refractivity contribution in [1.29, 1.82) is 5.26 Å². The fourth-order valence-electron chi connectivity index (χ4n) is 0.870. The van der Waals surface area contributed by atoms with E-state index in [0.717, 1.165) is 5.75 Å². The van der Waals surface area contributed by atoms with Gasteiger partial charge in [-0.15, -0.1) is 11.8 Å². The van der Waals surface area contributed by atoms with Gasteiger partial charge in [0.05, 0.1) is 6.07 Å². The van der Waals surface area contributed by atoms with E-state index >= 15 is 0 Å². The van der Waals surface area contributed by atoms with Crippen LogP contribution in [-0.4, -0.2) is 17.0 Å². The van der Waals surface area contributed by atoms with Crippen LogP contribution in [0.3, 0.4) is 0 Å². The van der Waals surface area contributed by atoms with Gasteiger partial charge in [-0.1, -0.05) is 18.2 Å². The highest BCUT2D eigenvalue weighted by molar-refractivity contribution is 7.99. The molecule has 13 heavy (non-hydrogen) atoms. The molecule has 0 saturated heterocycles. The minimum absolute atomic E-state index is 0.524. The summed E-state index contributed by atoms with van der Waals surface area (Å²) in [4.78, 5) is 1.17. The van der Waals surface area contributed by atoms with Crippen molar-refractivity contribution >= 4 is 11.8 Å². The predicted molar refractivity (Wildman–Crippen MR) is 53.4 cm³/mol. The molecule has 1 rings (SSSR count). The number of aliphatic hydroxyl groups is 1. The van der Waals surface area contributed by atoms with E-state index in [2.05, 4.69) is 0 Å². The molecule has 1 N–H and O–H groups in total.